The molecule has 106 valence electrons. The summed E-state index contributed by atoms with van der Waals surface area (Å²) in [5, 5.41) is 9.24. The molecule has 3 heteroatoms. The molecule has 0 aromatic carbocycles. The van der Waals surface area contributed by atoms with Gasteiger partial charge in [-0.05, 0) is 64.7 Å². The number of nitrogens with zero attached hydrogens (tertiary/aromatic N) is 3. The van der Waals surface area contributed by atoms with Gasteiger partial charge in [0.2, 0.25) is 0 Å². The Morgan fingerprint density at radius 3 is 2.16 bits per heavy atom. The van der Waals surface area contributed by atoms with E-state index in [2.05, 4.69) is 15.9 Å². The lowest BCUT2D eigenvalue weighted by Gasteiger charge is -2.42. The highest BCUT2D eigenvalue weighted by molar-refractivity contribution is 4.98. The van der Waals surface area contributed by atoms with Gasteiger partial charge in [-0.15, -0.1) is 0 Å². The summed E-state index contributed by atoms with van der Waals surface area (Å²) in [6, 6.07) is 3.94. The lowest BCUT2D eigenvalue weighted by atomic mass is 9.96. The molecule has 3 rings (SSSR count). The summed E-state index contributed by atoms with van der Waals surface area (Å²) in [6.45, 7) is 5.11. The Bertz CT molecular complexity index is 321. The van der Waals surface area contributed by atoms with Crippen LogP contribution in [-0.4, -0.2) is 48.1 Å². The lowest BCUT2D eigenvalue weighted by Crippen LogP contribution is -2.49. The van der Waals surface area contributed by atoms with Gasteiger partial charge in [-0.1, -0.05) is 12.8 Å². The number of piperidine rings is 2. The first-order chi connectivity index (χ1) is 9.38. The molecule has 0 aromatic rings. The minimum Gasteiger partial charge on any atom is -0.300 e. The molecule has 3 aliphatic rings. The molecular weight excluding hydrogens is 234 g/mol. The largest absolute Gasteiger partial charge is 0.300 e. The zero-order chi connectivity index (χ0) is 13.1. The normalized spacial score (nSPS) is 35.3. The van der Waals surface area contributed by atoms with Crippen LogP contribution in [0.5, 0.6) is 0 Å². The van der Waals surface area contributed by atoms with Crippen molar-refractivity contribution in [2.75, 3.05) is 26.2 Å². The molecule has 2 atom stereocenters. The van der Waals surface area contributed by atoms with Crippen LogP contribution < -0.4 is 0 Å². The summed E-state index contributed by atoms with van der Waals surface area (Å²) in [6.07, 6.45) is 10.5. The smallest absolute Gasteiger partial charge is 0.0672 e. The molecule has 2 unspecified atom stereocenters. The summed E-state index contributed by atoms with van der Waals surface area (Å²) < 4.78 is 0. The molecule has 3 nitrogen and oxygen atoms in total. The van der Waals surface area contributed by atoms with Gasteiger partial charge in [0.1, 0.15) is 0 Å². The van der Waals surface area contributed by atoms with Gasteiger partial charge in [0, 0.05) is 12.1 Å². The number of hydrogen-bond donors (Lipinski definition) is 0. The third-order valence-corrected chi connectivity index (χ3v) is 5.52. The topological polar surface area (TPSA) is 30.3 Å². The standard InChI is InChI=1S/C16H27N3/c17-13-14-5-4-6-16(14)19-11-7-15(8-12-19)18-9-2-1-3-10-18/h14-16H,1-12H2. The van der Waals surface area contributed by atoms with Crippen molar-refractivity contribution in [2.24, 2.45) is 5.92 Å². The van der Waals surface area contributed by atoms with Crippen LogP contribution in [0.25, 0.3) is 0 Å². The Labute approximate surface area is 117 Å². The average molecular weight is 261 g/mol. The van der Waals surface area contributed by atoms with Crippen LogP contribution in [0.2, 0.25) is 0 Å². The van der Waals surface area contributed by atoms with Crippen LogP contribution >= 0.6 is 0 Å². The highest BCUT2D eigenvalue weighted by Gasteiger charge is 2.35. The van der Waals surface area contributed by atoms with Crippen LogP contribution in [-0.2, 0) is 0 Å². The number of nitriles is 1. The summed E-state index contributed by atoms with van der Waals surface area (Å²) in [5.74, 6) is 0.312. The minimum absolute atomic E-state index is 0.312. The molecule has 19 heavy (non-hydrogen) atoms. The van der Waals surface area contributed by atoms with Crippen molar-refractivity contribution in [2.45, 2.75) is 63.5 Å². The molecule has 0 N–H and O–H groups in total. The quantitative estimate of drug-likeness (QED) is 0.765. The highest BCUT2D eigenvalue weighted by Crippen LogP contribution is 2.32. The zero-order valence-corrected chi connectivity index (χ0v) is 12.1. The fraction of sp³-hybridized carbons (Fsp3) is 0.938. The van der Waals surface area contributed by atoms with Crippen LogP contribution in [0.1, 0.15) is 51.4 Å². The van der Waals surface area contributed by atoms with E-state index in [1.54, 1.807) is 0 Å². The zero-order valence-electron chi connectivity index (χ0n) is 12.1. The first kappa shape index (κ1) is 13.4. The first-order valence-corrected chi connectivity index (χ1v) is 8.26. The third kappa shape index (κ3) is 2.95. The van der Waals surface area contributed by atoms with Crippen molar-refractivity contribution in [3.8, 4) is 6.07 Å². The number of rotatable bonds is 2. The first-order valence-electron chi connectivity index (χ1n) is 8.26. The molecule has 1 aliphatic carbocycles. The van der Waals surface area contributed by atoms with Crippen molar-refractivity contribution in [3.63, 3.8) is 0 Å². The molecule has 0 bridgehead atoms. The van der Waals surface area contributed by atoms with Gasteiger partial charge in [-0.25, -0.2) is 0 Å². The molecule has 2 heterocycles. The Morgan fingerprint density at radius 2 is 1.47 bits per heavy atom. The van der Waals surface area contributed by atoms with E-state index >= 15 is 0 Å². The summed E-state index contributed by atoms with van der Waals surface area (Å²) in [7, 11) is 0. The van der Waals surface area contributed by atoms with Crippen molar-refractivity contribution in [1.29, 1.82) is 5.26 Å². The molecule has 3 fully saturated rings. The van der Waals surface area contributed by atoms with E-state index in [4.69, 9.17) is 0 Å². The average Bonchev–Trinajstić information content (AvgIpc) is 2.97. The number of likely N-dealkylation sites (tertiary alicyclic amines) is 2. The molecule has 2 aliphatic heterocycles. The van der Waals surface area contributed by atoms with Gasteiger partial charge in [-0.3, -0.25) is 4.90 Å². The molecular formula is C16H27N3. The van der Waals surface area contributed by atoms with Crippen LogP contribution in [0.15, 0.2) is 0 Å². The van der Waals surface area contributed by atoms with E-state index < -0.39 is 0 Å². The summed E-state index contributed by atoms with van der Waals surface area (Å²) in [5.41, 5.74) is 0. The van der Waals surface area contributed by atoms with E-state index in [0.717, 1.165) is 12.5 Å². The SMILES string of the molecule is N#CC1CCCC1N1CCC(N2CCCCC2)CC1. The third-order valence-electron chi connectivity index (χ3n) is 5.52. The predicted octanol–water partition coefficient (Wildman–Crippen LogP) is 2.63. The van der Waals surface area contributed by atoms with Crippen molar-refractivity contribution in [1.82, 2.24) is 9.80 Å². The molecule has 2 saturated heterocycles. The van der Waals surface area contributed by atoms with Crippen LogP contribution in [0, 0.1) is 17.2 Å². The Balaban J connectivity index is 1.50. The highest BCUT2D eigenvalue weighted by atomic mass is 15.2. The maximum atomic E-state index is 9.24. The summed E-state index contributed by atoms with van der Waals surface area (Å²) >= 11 is 0. The van der Waals surface area contributed by atoms with E-state index in [1.807, 2.05) is 0 Å². The minimum atomic E-state index is 0.312. The van der Waals surface area contributed by atoms with E-state index in [1.165, 1.54) is 71.1 Å². The second-order valence-corrected chi connectivity index (χ2v) is 6.60. The second-order valence-electron chi connectivity index (χ2n) is 6.60. The van der Waals surface area contributed by atoms with Gasteiger partial charge in [0.05, 0.1) is 12.0 Å². The van der Waals surface area contributed by atoms with Crippen molar-refractivity contribution < 1.29 is 0 Å². The van der Waals surface area contributed by atoms with Gasteiger partial charge < -0.3 is 4.90 Å². The van der Waals surface area contributed by atoms with E-state index in [0.29, 0.717) is 12.0 Å². The lowest BCUT2D eigenvalue weighted by molar-refractivity contribution is 0.0673. The van der Waals surface area contributed by atoms with Crippen molar-refractivity contribution >= 4 is 0 Å². The molecule has 0 aromatic heterocycles. The van der Waals surface area contributed by atoms with Crippen molar-refractivity contribution in [3.05, 3.63) is 0 Å². The molecule has 0 amide bonds. The Kier molecular flexibility index (Phi) is 4.40. The maximum Gasteiger partial charge on any atom is 0.0672 e. The second kappa shape index (κ2) is 6.24. The van der Waals surface area contributed by atoms with E-state index in [-0.39, 0.29) is 0 Å². The predicted molar refractivity (Wildman–Crippen MR) is 76.8 cm³/mol. The van der Waals surface area contributed by atoms with Gasteiger partial charge >= 0.3 is 0 Å². The summed E-state index contributed by atoms with van der Waals surface area (Å²) in [4.78, 5) is 5.36. The fourth-order valence-electron chi connectivity index (χ4n) is 4.39. The Hall–Kier alpha value is -0.590. The monoisotopic (exact) mass is 261 g/mol. The van der Waals surface area contributed by atoms with Gasteiger partial charge in [0.25, 0.3) is 0 Å². The van der Waals surface area contributed by atoms with Crippen LogP contribution in [0.4, 0.5) is 0 Å². The molecule has 1 saturated carbocycles. The maximum absolute atomic E-state index is 9.24. The fourth-order valence-corrected chi connectivity index (χ4v) is 4.39. The van der Waals surface area contributed by atoms with Crippen LogP contribution in [0.3, 0.4) is 0 Å². The van der Waals surface area contributed by atoms with Gasteiger partial charge in [0.15, 0.2) is 0 Å². The molecule has 0 radical (unpaired) electrons. The van der Waals surface area contributed by atoms with Gasteiger partial charge in [-0.2, -0.15) is 5.26 Å². The van der Waals surface area contributed by atoms with E-state index in [9.17, 15) is 5.26 Å². The Morgan fingerprint density at radius 1 is 0.737 bits per heavy atom. The number of hydrogen-bond acceptors (Lipinski definition) is 3. The molecule has 0 spiro atoms.